The largest absolute Gasteiger partial charge is 0.468 e. The van der Waals surface area contributed by atoms with Gasteiger partial charge in [-0.05, 0) is 13.3 Å². The van der Waals surface area contributed by atoms with Crippen LogP contribution in [0, 0.1) is 0 Å². The SMILES string of the molecule is C=CCC(C)NCC(Br)C(=O)OC. The lowest BCUT2D eigenvalue weighted by molar-refractivity contribution is -0.139. The molecular weight excluding hydrogens is 234 g/mol. The number of nitrogens with one attached hydrogen (secondary N) is 1. The van der Waals surface area contributed by atoms with Gasteiger partial charge in [-0.1, -0.05) is 22.0 Å². The van der Waals surface area contributed by atoms with Gasteiger partial charge in [-0.25, -0.2) is 0 Å². The molecule has 0 aliphatic carbocycles. The third-order valence-corrected chi connectivity index (χ3v) is 2.32. The summed E-state index contributed by atoms with van der Waals surface area (Å²) < 4.78 is 4.56. The first kappa shape index (κ1) is 12.7. The fourth-order valence-electron chi connectivity index (χ4n) is 0.849. The maximum atomic E-state index is 11.0. The topological polar surface area (TPSA) is 38.3 Å². The second kappa shape index (κ2) is 7.09. The molecule has 13 heavy (non-hydrogen) atoms. The minimum atomic E-state index is -0.273. The molecule has 1 N–H and O–H groups in total. The van der Waals surface area contributed by atoms with E-state index in [2.05, 4.69) is 32.6 Å². The van der Waals surface area contributed by atoms with Gasteiger partial charge >= 0.3 is 5.97 Å². The van der Waals surface area contributed by atoms with Gasteiger partial charge in [0.15, 0.2) is 0 Å². The highest BCUT2D eigenvalue weighted by Crippen LogP contribution is 2.01. The highest BCUT2D eigenvalue weighted by molar-refractivity contribution is 9.10. The van der Waals surface area contributed by atoms with Crippen LogP contribution in [-0.2, 0) is 9.53 Å². The Hall–Kier alpha value is -0.350. The first-order chi connectivity index (χ1) is 6.11. The van der Waals surface area contributed by atoms with Gasteiger partial charge in [0.1, 0.15) is 4.83 Å². The number of hydrogen-bond acceptors (Lipinski definition) is 3. The van der Waals surface area contributed by atoms with Crippen LogP contribution in [0.2, 0.25) is 0 Å². The zero-order valence-corrected chi connectivity index (χ0v) is 9.63. The van der Waals surface area contributed by atoms with Crippen molar-refractivity contribution in [2.75, 3.05) is 13.7 Å². The quantitative estimate of drug-likeness (QED) is 0.441. The van der Waals surface area contributed by atoms with Crippen molar-refractivity contribution in [3.63, 3.8) is 0 Å². The number of esters is 1. The van der Waals surface area contributed by atoms with Gasteiger partial charge in [0, 0.05) is 12.6 Å². The molecule has 3 nitrogen and oxygen atoms in total. The Bertz CT molecular complexity index is 173. The Labute approximate surface area is 87.7 Å². The van der Waals surface area contributed by atoms with Crippen LogP contribution in [0.4, 0.5) is 0 Å². The number of carbonyl (C=O) groups is 1. The maximum absolute atomic E-state index is 11.0. The Balaban J connectivity index is 3.62. The van der Waals surface area contributed by atoms with Crippen molar-refractivity contribution < 1.29 is 9.53 Å². The molecule has 0 amide bonds. The third kappa shape index (κ3) is 5.82. The van der Waals surface area contributed by atoms with Gasteiger partial charge in [-0.2, -0.15) is 0 Å². The lowest BCUT2D eigenvalue weighted by Crippen LogP contribution is -2.35. The smallest absolute Gasteiger partial charge is 0.320 e. The zero-order valence-electron chi connectivity index (χ0n) is 8.05. The van der Waals surface area contributed by atoms with E-state index < -0.39 is 0 Å². The summed E-state index contributed by atoms with van der Waals surface area (Å²) in [5.74, 6) is -0.252. The van der Waals surface area contributed by atoms with E-state index in [9.17, 15) is 4.79 Å². The van der Waals surface area contributed by atoms with Gasteiger partial charge in [0.05, 0.1) is 7.11 Å². The molecule has 0 fully saturated rings. The van der Waals surface area contributed by atoms with Crippen molar-refractivity contribution >= 4 is 21.9 Å². The predicted molar refractivity (Wildman–Crippen MR) is 57.0 cm³/mol. The fourth-order valence-corrected chi connectivity index (χ4v) is 1.22. The van der Waals surface area contributed by atoms with Crippen molar-refractivity contribution in [3.05, 3.63) is 12.7 Å². The summed E-state index contributed by atoms with van der Waals surface area (Å²) in [4.78, 5) is 10.7. The van der Waals surface area contributed by atoms with Crippen molar-refractivity contribution in [1.29, 1.82) is 0 Å². The summed E-state index contributed by atoms with van der Waals surface area (Å²) in [6.07, 6.45) is 2.74. The summed E-state index contributed by atoms with van der Waals surface area (Å²) in [6, 6.07) is 0.335. The lowest BCUT2D eigenvalue weighted by atomic mass is 10.2. The Morgan fingerprint density at radius 3 is 2.85 bits per heavy atom. The molecule has 0 aromatic carbocycles. The van der Waals surface area contributed by atoms with E-state index in [1.165, 1.54) is 7.11 Å². The maximum Gasteiger partial charge on any atom is 0.320 e. The van der Waals surface area contributed by atoms with Crippen LogP contribution in [0.5, 0.6) is 0 Å². The van der Waals surface area contributed by atoms with Crippen LogP contribution in [-0.4, -0.2) is 30.5 Å². The Morgan fingerprint density at radius 1 is 1.77 bits per heavy atom. The molecule has 0 spiro atoms. The summed E-state index contributed by atoms with van der Waals surface area (Å²) in [6.45, 7) is 6.25. The summed E-state index contributed by atoms with van der Waals surface area (Å²) >= 11 is 3.22. The number of rotatable bonds is 6. The molecule has 2 unspecified atom stereocenters. The zero-order chi connectivity index (χ0) is 10.3. The average Bonchev–Trinajstić information content (AvgIpc) is 2.13. The lowest BCUT2D eigenvalue weighted by Gasteiger charge is -2.13. The van der Waals surface area contributed by atoms with Gasteiger partial charge in [-0.3, -0.25) is 4.79 Å². The molecular formula is C9H16BrNO2. The van der Waals surface area contributed by atoms with Crippen molar-refractivity contribution in [1.82, 2.24) is 5.32 Å². The van der Waals surface area contributed by atoms with E-state index in [0.29, 0.717) is 12.6 Å². The van der Waals surface area contributed by atoms with Crippen LogP contribution >= 0.6 is 15.9 Å². The Kier molecular flexibility index (Phi) is 6.90. The second-order valence-corrected chi connectivity index (χ2v) is 3.93. The molecule has 2 atom stereocenters. The van der Waals surface area contributed by atoms with E-state index in [1.54, 1.807) is 0 Å². The highest BCUT2D eigenvalue weighted by Gasteiger charge is 2.14. The van der Waals surface area contributed by atoms with Gasteiger partial charge < -0.3 is 10.1 Å². The molecule has 0 saturated carbocycles. The number of halogens is 1. The van der Waals surface area contributed by atoms with Crippen LogP contribution in [0.25, 0.3) is 0 Å². The molecule has 0 radical (unpaired) electrons. The third-order valence-electron chi connectivity index (χ3n) is 1.62. The minimum Gasteiger partial charge on any atom is -0.468 e. The molecule has 0 saturated heterocycles. The second-order valence-electron chi connectivity index (χ2n) is 2.82. The van der Waals surface area contributed by atoms with E-state index in [-0.39, 0.29) is 10.8 Å². The van der Waals surface area contributed by atoms with Crippen LogP contribution in [0.3, 0.4) is 0 Å². The van der Waals surface area contributed by atoms with Gasteiger partial charge in [0.25, 0.3) is 0 Å². The number of hydrogen-bond donors (Lipinski definition) is 1. The number of alkyl halides is 1. The molecule has 0 aromatic rings. The number of methoxy groups -OCH3 is 1. The van der Waals surface area contributed by atoms with Crippen molar-refractivity contribution in [2.24, 2.45) is 0 Å². The normalized spacial score (nSPS) is 14.7. The fraction of sp³-hybridized carbons (Fsp3) is 0.667. The van der Waals surface area contributed by atoms with Crippen LogP contribution in [0.1, 0.15) is 13.3 Å². The van der Waals surface area contributed by atoms with Crippen molar-refractivity contribution in [2.45, 2.75) is 24.2 Å². The molecule has 0 aliphatic heterocycles. The van der Waals surface area contributed by atoms with Crippen LogP contribution in [0.15, 0.2) is 12.7 Å². The first-order valence-corrected chi connectivity index (χ1v) is 5.09. The minimum absolute atomic E-state index is 0.252. The van der Waals surface area contributed by atoms with Gasteiger partial charge in [0.2, 0.25) is 0 Å². The summed E-state index contributed by atoms with van der Waals surface area (Å²) in [5, 5.41) is 3.18. The molecule has 0 aromatic heterocycles. The first-order valence-electron chi connectivity index (χ1n) is 4.18. The van der Waals surface area contributed by atoms with E-state index >= 15 is 0 Å². The van der Waals surface area contributed by atoms with E-state index in [4.69, 9.17) is 0 Å². The summed E-state index contributed by atoms with van der Waals surface area (Å²) in [5.41, 5.74) is 0. The molecule has 0 aliphatic rings. The monoisotopic (exact) mass is 249 g/mol. The van der Waals surface area contributed by atoms with E-state index in [0.717, 1.165) is 6.42 Å². The highest BCUT2D eigenvalue weighted by atomic mass is 79.9. The molecule has 0 rings (SSSR count). The Morgan fingerprint density at radius 2 is 2.38 bits per heavy atom. The molecule has 0 heterocycles. The predicted octanol–water partition coefficient (Wildman–Crippen LogP) is 1.48. The molecule has 76 valence electrons. The standard InChI is InChI=1S/C9H16BrNO2/c1-4-5-7(2)11-6-8(10)9(12)13-3/h4,7-8,11H,1,5-6H2,2-3H3. The molecule has 4 heteroatoms. The molecule has 0 bridgehead atoms. The average molecular weight is 250 g/mol. The number of ether oxygens (including phenoxy) is 1. The van der Waals surface area contributed by atoms with Gasteiger partial charge in [-0.15, -0.1) is 6.58 Å². The van der Waals surface area contributed by atoms with Crippen molar-refractivity contribution in [3.8, 4) is 0 Å². The van der Waals surface area contributed by atoms with E-state index in [1.807, 2.05) is 13.0 Å². The van der Waals surface area contributed by atoms with Crippen LogP contribution < -0.4 is 5.32 Å². The number of carbonyl (C=O) groups excluding carboxylic acids is 1. The summed E-state index contributed by atoms with van der Waals surface area (Å²) in [7, 11) is 1.38.